The molecule has 0 aliphatic carbocycles. The summed E-state index contributed by atoms with van der Waals surface area (Å²) >= 11 is 0. The van der Waals surface area contributed by atoms with Gasteiger partial charge in [-0.2, -0.15) is 0 Å². The lowest BCUT2D eigenvalue weighted by molar-refractivity contribution is -0.140. The molecule has 0 spiro atoms. The van der Waals surface area contributed by atoms with Gasteiger partial charge in [0.2, 0.25) is 0 Å². The molecule has 0 radical (unpaired) electrons. The van der Waals surface area contributed by atoms with E-state index in [0.717, 1.165) is 16.6 Å². The van der Waals surface area contributed by atoms with Crippen molar-refractivity contribution in [3.63, 3.8) is 0 Å². The van der Waals surface area contributed by atoms with Crippen LogP contribution < -0.4 is 5.73 Å². The highest BCUT2D eigenvalue weighted by Crippen LogP contribution is 2.29. The molecular formula is C16H15N3O2. The molecule has 0 amide bonds. The SMILES string of the molecule is CC(C(=O)O)n1c(-c2cccc(N)c2)nc2ccccc21. The maximum Gasteiger partial charge on any atom is 0.326 e. The normalized spacial score (nSPS) is 12.4. The number of hydrogen-bond donors (Lipinski definition) is 2. The van der Waals surface area contributed by atoms with E-state index in [4.69, 9.17) is 5.73 Å². The number of rotatable bonds is 3. The van der Waals surface area contributed by atoms with Crippen molar-refractivity contribution in [2.75, 3.05) is 5.73 Å². The summed E-state index contributed by atoms with van der Waals surface area (Å²) in [4.78, 5) is 16.0. The molecule has 3 N–H and O–H groups in total. The fourth-order valence-electron chi connectivity index (χ4n) is 2.43. The maximum absolute atomic E-state index is 11.4. The predicted molar refractivity (Wildman–Crippen MR) is 81.9 cm³/mol. The van der Waals surface area contributed by atoms with Crippen LogP contribution in [0.5, 0.6) is 0 Å². The molecule has 3 rings (SSSR count). The van der Waals surface area contributed by atoms with E-state index < -0.39 is 12.0 Å². The highest BCUT2D eigenvalue weighted by Gasteiger charge is 2.21. The van der Waals surface area contributed by atoms with Gasteiger partial charge in [-0.3, -0.25) is 0 Å². The molecule has 106 valence electrons. The van der Waals surface area contributed by atoms with Crippen molar-refractivity contribution in [3.8, 4) is 11.4 Å². The molecule has 1 unspecified atom stereocenters. The Kier molecular flexibility index (Phi) is 3.10. The van der Waals surface area contributed by atoms with E-state index in [1.54, 1.807) is 23.6 Å². The number of imidazole rings is 1. The van der Waals surface area contributed by atoms with Gasteiger partial charge in [-0.15, -0.1) is 0 Å². The number of nitrogens with two attached hydrogens (primary N) is 1. The number of aromatic nitrogens is 2. The van der Waals surface area contributed by atoms with Crippen LogP contribution in [0.2, 0.25) is 0 Å². The first-order chi connectivity index (χ1) is 10.1. The first-order valence-electron chi connectivity index (χ1n) is 6.63. The number of benzene rings is 2. The summed E-state index contributed by atoms with van der Waals surface area (Å²) in [5, 5.41) is 9.37. The van der Waals surface area contributed by atoms with Gasteiger partial charge in [0.15, 0.2) is 0 Å². The van der Waals surface area contributed by atoms with E-state index in [-0.39, 0.29) is 0 Å². The van der Waals surface area contributed by atoms with Gasteiger partial charge in [-0.1, -0.05) is 24.3 Å². The van der Waals surface area contributed by atoms with Gasteiger partial charge in [0, 0.05) is 11.3 Å². The fourth-order valence-corrected chi connectivity index (χ4v) is 2.43. The van der Waals surface area contributed by atoms with Crippen LogP contribution in [0.4, 0.5) is 5.69 Å². The molecule has 0 saturated carbocycles. The minimum Gasteiger partial charge on any atom is -0.480 e. The van der Waals surface area contributed by atoms with Gasteiger partial charge in [0.25, 0.3) is 0 Å². The zero-order valence-electron chi connectivity index (χ0n) is 11.5. The Morgan fingerprint density at radius 1 is 1.24 bits per heavy atom. The van der Waals surface area contributed by atoms with Crippen molar-refractivity contribution in [1.82, 2.24) is 9.55 Å². The summed E-state index contributed by atoms with van der Waals surface area (Å²) in [6.45, 7) is 1.65. The Bertz CT molecular complexity index is 823. The van der Waals surface area contributed by atoms with Crippen LogP contribution in [0.3, 0.4) is 0 Å². The van der Waals surface area contributed by atoms with E-state index in [2.05, 4.69) is 4.98 Å². The molecule has 1 atom stereocenters. The third kappa shape index (κ3) is 2.23. The standard InChI is InChI=1S/C16H15N3O2/c1-10(16(20)21)19-14-8-3-2-7-13(14)18-15(19)11-5-4-6-12(17)9-11/h2-10H,17H2,1H3,(H,20,21). The van der Waals surface area contributed by atoms with Crippen LogP contribution in [0.25, 0.3) is 22.4 Å². The minimum absolute atomic E-state index is 0.610. The lowest BCUT2D eigenvalue weighted by Crippen LogP contribution is -2.16. The summed E-state index contributed by atoms with van der Waals surface area (Å²) in [6, 6.07) is 14.1. The van der Waals surface area contributed by atoms with Gasteiger partial charge < -0.3 is 15.4 Å². The Balaban J connectivity index is 2.31. The number of anilines is 1. The quantitative estimate of drug-likeness (QED) is 0.723. The van der Waals surface area contributed by atoms with Crippen LogP contribution in [0, 0.1) is 0 Å². The van der Waals surface area contributed by atoms with Crippen LogP contribution in [0.1, 0.15) is 13.0 Å². The molecular weight excluding hydrogens is 266 g/mol. The second-order valence-corrected chi connectivity index (χ2v) is 4.93. The smallest absolute Gasteiger partial charge is 0.326 e. The summed E-state index contributed by atoms with van der Waals surface area (Å²) in [7, 11) is 0. The van der Waals surface area contributed by atoms with Crippen molar-refractivity contribution in [2.24, 2.45) is 0 Å². The van der Waals surface area contributed by atoms with Crippen molar-refractivity contribution < 1.29 is 9.90 Å². The molecule has 2 aromatic carbocycles. The molecule has 3 aromatic rings. The summed E-state index contributed by atoms with van der Waals surface area (Å²) in [5.41, 5.74) is 8.81. The maximum atomic E-state index is 11.4. The molecule has 5 heteroatoms. The van der Waals surface area contributed by atoms with Crippen molar-refractivity contribution >= 4 is 22.7 Å². The zero-order valence-corrected chi connectivity index (χ0v) is 11.5. The third-order valence-electron chi connectivity index (χ3n) is 3.49. The van der Waals surface area contributed by atoms with Gasteiger partial charge in [0.05, 0.1) is 11.0 Å². The Morgan fingerprint density at radius 3 is 2.71 bits per heavy atom. The van der Waals surface area contributed by atoms with E-state index in [1.165, 1.54) is 0 Å². The monoisotopic (exact) mass is 281 g/mol. The molecule has 1 heterocycles. The van der Waals surface area contributed by atoms with E-state index in [1.807, 2.05) is 36.4 Å². The van der Waals surface area contributed by atoms with Crippen molar-refractivity contribution in [3.05, 3.63) is 48.5 Å². The van der Waals surface area contributed by atoms with Gasteiger partial charge >= 0.3 is 5.97 Å². The number of fused-ring (bicyclic) bond motifs is 1. The molecule has 0 fully saturated rings. The van der Waals surface area contributed by atoms with Crippen molar-refractivity contribution in [2.45, 2.75) is 13.0 Å². The van der Waals surface area contributed by atoms with E-state index in [0.29, 0.717) is 11.5 Å². The summed E-state index contributed by atoms with van der Waals surface area (Å²) in [6.07, 6.45) is 0. The summed E-state index contributed by atoms with van der Waals surface area (Å²) in [5.74, 6) is -0.290. The number of para-hydroxylation sites is 2. The topological polar surface area (TPSA) is 81.1 Å². The second kappa shape index (κ2) is 4.94. The van der Waals surface area contributed by atoms with Crippen LogP contribution >= 0.6 is 0 Å². The van der Waals surface area contributed by atoms with E-state index >= 15 is 0 Å². The first-order valence-corrected chi connectivity index (χ1v) is 6.63. The van der Waals surface area contributed by atoms with Gasteiger partial charge in [-0.05, 0) is 31.2 Å². The van der Waals surface area contributed by atoms with Gasteiger partial charge in [0.1, 0.15) is 11.9 Å². The Morgan fingerprint density at radius 2 is 2.00 bits per heavy atom. The third-order valence-corrected chi connectivity index (χ3v) is 3.49. The number of nitrogen functional groups attached to an aromatic ring is 1. The molecule has 0 aliphatic heterocycles. The predicted octanol–water partition coefficient (Wildman–Crippen LogP) is 2.93. The van der Waals surface area contributed by atoms with Crippen LogP contribution in [0.15, 0.2) is 48.5 Å². The highest BCUT2D eigenvalue weighted by atomic mass is 16.4. The fraction of sp³-hybridized carbons (Fsp3) is 0.125. The number of carbonyl (C=O) groups is 1. The highest BCUT2D eigenvalue weighted by molar-refractivity contribution is 5.84. The molecule has 0 bridgehead atoms. The number of hydrogen-bond acceptors (Lipinski definition) is 3. The molecule has 1 aromatic heterocycles. The number of aliphatic carboxylic acids is 1. The first kappa shape index (κ1) is 13.2. The van der Waals surface area contributed by atoms with Crippen molar-refractivity contribution in [1.29, 1.82) is 0 Å². The number of carboxylic acid groups (broad SMARTS) is 1. The molecule has 21 heavy (non-hydrogen) atoms. The molecule has 0 saturated heterocycles. The van der Waals surface area contributed by atoms with E-state index in [9.17, 15) is 9.90 Å². The average Bonchev–Trinajstić information content (AvgIpc) is 2.85. The summed E-state index contributed by atoms with van der Waals surface area (Å²) < 4.78 is 1.73. The van der Waals surface area contributed by atoms with Crippen LogP contribution in [-0.2, 0) is 4.79 Å². The minimum atomic E-state index is -0.900. The average molecular weight is 281 g/mol. The molecule has 5 nitrogen and oxygen atoms in total. The van der Waals surface area contributed by atoms with Gasteiger partial charge in [-0.25, -0.2) is 9.78 Å². The Labute approximate surface area is 121 Å². The number of carboxylic acids is 1. The lowest BCUT2D eigenvalue weighted by atomic mass is 10.2. The lowest BCUT2D eigenvalue weighted by Gasteiger charge is -2.13. The second-order valence-electron chi connectivity index (χ2n) is 4.93. The van der Waals surface area contributed by atoms with Crippen LogP contribution in [-0.4, -0.2) is 20.6 Å². The number of nitrogens with zero attached hydrogens (tertiary/aromatic N) is 2. The largest absolute Gasteiger partial charge is 0.480 e. The molecule has 0 aliphatic rings. The Hall–Kier alpha value is -2.82. The zero-order chi connectivity index (χ0) is 15.0.